The summed E-state index contributed by atoms with van der Waals surface area (Å²) < 4.78 is 10.6. The quantitative estimate of drug-likeness (QED) is 0.422. The van der Waals surface area contributed by atoms with Gasteiger partial charge in [0.2, 0.25) is 5.91 Å². The Morgan fingerprint density at radius 3 is 2.28 bits per heavy atom. The normalized spacial score (nSPS) is 25.9. The molecule has 4 bridgehead atoms. The van der Waals surface area contributed by atoms with E-state index in [1.165, 1.54) is 26.4 Å². The molecule has 0 atom stereocenters. The van der Waals surface area contributed by atoms with Crippen LogP contribution < -0.4 is 15.4 Å². The van der Waals surface area contributed by atoms with Gasteiger partial charge in [0, 0.05) is 6.42 Å². The minimum atomic E-state index is -0.535. The Hall–Kier alpha value is -2.87. The Morgan fingerprint density at radius 1 is 1.03 bits per heavy atom. The van der Waals surface area contributed by atoms with E-state index in [1.54, 1.807) is 32.0 Å². The molecule has 6 rings (SSSR count). The minimum Gasteiger partial charge on any atom is -0.495 e. The fourth-order valence-electron chi connectivity index (χ4n) is 7.21. The highest BCUT2D eigenvalue weighted by atomic mass is 32.1. The van der Waals surface area contributed by atoms with Gasteiger partial charge in [-0.3, -0.25) is 9.59 Å². The predicted molar refractivity (Wildman–Crippen MR) is 140 cm³/mol. The third kappa shape index (κ3) is 4.75. The predicted octanol–water partition coefficient (Wildman–Crippen LogP) is 6.04. The van der Waals surface area contributed by atoms with E-state index >= 15 is 0 Å². The lowest BCUT2D eigenvalue weighted by Crippen LogP contribution is -2.47. The van der Waals surface area contributed by atoms with Crippen LogP contribution in [0.2, 0.25) is 0 Å². The number of carbonyl (C=O) groups is 3. The van der Waals surface area contributed by atoms with Crippen molar-refractivity contribution in [3.05, 3.63) is 40.3 Å². The molecule has 8 heteroatoms. The van der Waals surface area contributed by atoms with Crippen LogP contribution in [0.3, 0.4) is 0 Å². The molecule has 0 radical (unpaired) electrons. The van der Waals surface area contributed by atoms with Crippen LogP contribution in [-0.2, 0) is 9.53 Å². The van der Waals surface area contributed by atoms with E-state index in [1.807, 2.05) is 6.07 Å². The zero-order chi connectivity index (χ0) is 25.4. The SMILES string of the molecule is CCOC(=O)c1c(NC(=O)CC23CC4CC(CC(C4)C2)C3)sc(C(=O)Nc2ccccc2OC)c1C. The van der Waals surface area contributed by atoms with Crippen LogP contribution in [-0.4, -0.2) is 31.5 Å². The summed E-state index contributed by atoms with van der Waals surface area (Å²) in [5.41, 5.74) is 1.36. The summed E-state index contributed by atoms with van der Waals surface area (Å²) in [6.45, 7) is 3.66. The monoisotopic (exact) mass is 510 g/mol. The molecule has 7 nitrogen and oxygen atoms in total. The smallest absolute Gasteiger partial charge is 0.341 e. The van der Waals surface area contributed by atoms with Gasteiger partial charge in [0.05, 0.1) is 29.8 Å². The van der Waals surface area contributed by atoms with Crippen LogP contribution in [0.4, 0.5) is 10.7 Å². The molecule has 2 aromatic rings. The van der Waals surface area contributed by atoms with Crippen molar-refractivity contribution in [2.45, 2.75) is 58.8 Å². The summed E-state index contributed by atoms with van der Waals surface area (Å²) in [5, 5.41) is 6.25. The van der Waals surface area contributed by atoms with Gasteiger partial charge in [-0.15, -0.1) is 11.3 Å². The summed E-state index contributed by atoms with van der Waals surface area (Å²) in [4.78, 5) is 39.7. The number of esters is 1. The lowest BCUT2D eigenvalue weighted by molar-refractivity contribution is -0.124. The van der Waals surface area contributed by atoms with Crippen molar-refractivity contribution in [2.24, 2.45) is 23.2 Å². The molecule has 0 saturated heterocycles. The summed E-state index contributed by atoms with van der Waals surface area (Å²) >= 11 is 1.12. The van der Waals surface area contributed by atoms with Crippen molar-refractivity contribution >= 4 is 39.8 Å². The number of nitrogens with one attached hydrogen (secondary N) is 2. The van der Waals surface area contributed by atoms with Crippen LogP contribution in [0.1, 0.15) is 77.5 Å². The summed E-state index contributed by atoms with van der Waals surface area (Å²) in [5.74, 6) is 1.83. The molecule has 1 aromatic carbocycles. The second-order valence-corrected chi connectivity index (χ2v) is 11.8. The lowest BCUT2D eigenvalue weighted by atomic mass is 9.49. The Kier molecular flexibility index (Phi) is 6.81. The fourth-order valence-corrected chi connectivity index (χ4v) is 8.32. The Morgan fingerprint density at radius 2 is 1.67 bits per heavy atom. The van der Waals surface area contributed by atoms with E-state index in [4.69, 9.17) is 9.47 Å². The highest BCUT2D eigenvalue weighted by Crippen LogP contribution is 2.61. The van der Waals surface area contributed by atoms with Crippen LogP contribution in [0, 0.1) is 30.1 Å². The number of amides is 2. The highest BCUT2D eigenvalue weighted by Gasteiger charge is 2.51. The van der Waals surface area contributed by atoms with E-state index < -0.39 is 5.97 Å². The van der Waals surface area contributed by atoms with Crippen LogP contribution in [0.25, 0.3) is 0 Å². The van der Waals surface area contributed by atoms with Crippen LogP contribution in [0.15, 0.2) is 24.3 Å². The number of thiophene rings is 1. The number of hydrogen-bond acceptors (Lipinski definition) is 6. The first-order chi connectivity index (χ1) is 17.3. The molecule has 2 amide bonds. The van der Waals surface area contributed by atoms with Crippen molar-refractivity contribution in [1.82, 2.24) is 0 Å². The average molecular weight is 511 g/mol. The zero-order valence-electron chi connectivity index (χ0n) is 21.1. The minimum absolute atomic E-state index is 0.0826. The van der Waals surface area contributed by atoms with Crippen molar-refractivity contribution in [3.63, 3.8) is 0 Å². The summed E-state index contributed by atoms with van der Waals surface area (Å²) in [6, 6.07) is 7.14. The van der Waals surface area contributed by atoms with Crippen molar-refractivity contribution in [3.8, 4) is 5.75 Å². The number of hydrogen-bond donors (Lipinski definition) is 2. The Labute approximate surface area is 215 Å². The standard InChI is InChI=1S/C28H34N2O5S/c1-4-35-27(33)23-16(2)24(25(32)29-20-7-5-6-8-21(20)34-3)36-26(23)30-22(31)15-28-12-17-9-18(13-28)11-19(10-17)14-28/h5-8,17-19H,4,9-15H2,1-3H3,(H,29,32)(H,30,31). The van der Waals surface area contributed by atoms with Crippen molar-refractivity contribution in [1.29, 1.82) is 0 Å². The first-order valence-electron chi connectivity index (χ1n) is 12.9. The van der Waals surface area contributed by atoms with E-state index in [-0.39, 0.29) is 29.4 Å². The molecule has 4 aliphatic carbocycles. The maximum atomic E-state index is 13.3. The maximum Gasteiger partial charge on any atom is 0.341 e. The molecule has 0 aliphatic heterocycles. The van der Waals surface area contributed by atoms with Gasteiger partial charge >= 0.3 is 5.97 Å². The molecule has 4 aliphatic rings. The van der Waals surface area contributed by atoms with Gasteiger partial charge in [0.15, 0.2) is 0 Å². The van der Waals surface area contributed by atoms with Gasteiger partial charge < -0.3 is 20.1 Å². The molecule has 1 aromatic heterocycles. The molecule has 4 saturated carbocycles. The Bertz CT molecular complexity index is 1150. The number of anilines is 2. The number of rotatable bonds is 8. The Balaban J connectivity index is 1.37. The van der Waals surface area contributed by atoms with Gasteiger partial charge in [0.1, 0.15) is 10.8 Å². The largest absolute Gasteiger partial charge is 0.495 e. The van der Waals surface area contributed by atoms with Gasteiger partial charge in [-0.25, -0.2) is 4.79 Å². The molecule has 4 fully saturated rings. The fraction of sp³-hybridized carbons (Fsp3) is 0.536. The second-order valence-electron chi connectivity index (χ2n) is 10.8. The maximum absolute atomic E-state index is 13.3. The van der Waals surface area contributed by atoms with Gasteiger partial charge in [0.25, 0.3) is 5.91 Å². The van der Waals surface area contributed by atoms with E-state index in [0.717, 1.165) is 48.4 Å². The molecule has 0 spiro atoms. The molecule has 1 heterocycles. The summed E-state index contributed by atoms with van der Waals surface area (Å²) in [6.07, 6.45) is 7.83. The van der Waals surface area contributed by atoms with Crippen molar-refractivity contribution < 1.29 is 23.9 Å². The zero-order valence-corrected chi connectivity index (χ0v) is 22.0. The van der Waals surface area contributed by atoms with Crippen LogP contribution in [0.5, 0.6) is 5.75 Å². The first-order valence-corrected chi connectivity index (χ1v) is 13.7. The number of carbonyl (C=O) groups excluding carboxylic acids is 3. The topological polar surface area (TPSA) is 93.7 Å². The first kappa shape index (κ1) is 24.8. The number of para-hydroxylation sites is 2. The van der Waals surface area contributed by atoms with Gasteiger partial charge in [-0.1, -0.05) is 12.1 Å². The number of ether oxygens (including phenoxy) is 2. The molecular weight excluding hydrogens is 476 g/mol. The van der Waals surface area contributed by atoms with Gasteiger partial charge in [-0.2, -0.15) is 0 Å². The third-order valence-corrected chi connectivity index (χ3v) is 9.35. The molecule has 2 N–H and O–H groups in total. The number of benzene rings is 1. The van der Waals surface area contributed by atoms with E-state index in [9.17, 15) is 14.4 Å². The van der Waals surface area contributed by atoms with Gasteiger partial charge in [-0.05, 0) is 93.2 Å². The highest BCUT2D eigenvalue weighted by molar-refractivity contribution is 7.19. The third-order valence-electron chi connectivity index (χ3n) is 8.14. The summed E-state index contributed by atoms with van der Waals surface area (Å²) in [7, 11) is 1.54. The van der Waals surface area contributed by atoms with Crippen LogP contribution >= 0.6 is 11.3 Å². The molecule has 36 heavy (non-hydrogen) atoms. The lowest BCUT2D eigenvalue weighted by Gasteiger charge is -2.56. The molecular formula is C28H34N2O5S. The van der Waals surface area contributed by atoms with Crippen molar-refractivity contribution in [2.75, 3.05) is 24.4 Å². The van der Waals surface area contributed by atoms with E-state index in [2.05, 4.69) is 10.6 Å². The second kappa shape index (κ2) is 9.88. The molecule has 192 valence electrons. The number of methoxy groups -OCH3 is 1. The average Bonchev–Trinajstić information content (AvgIpc) is 3.13. The molecule has 0 unspecified atom stereocenters. The van der Waals surface area contributed by atoms with E-state index in [0.29, 0.717) is 33.3 Å².